The molecule has 23 heavy (non-hydrogen) atoms. The molecule has 2 aromatic heterocycles. The van der Waals surface area contributed by atoms with Crippen molar-refractivity contribution < 1.29 is 9.63 Å². The molecule has 0 radical (unpaired) electrons. The average Bonchev–Trinajstić information content (AvgIpc) is 2.98. The molecule has 0 saturated heterocycles. The van der Waals surface area contributed by atoms with E-state index in [-0.39, 0.29) is 6.03 Å². The second kappa shape index (κ2) is 7.42. The Morgan fingerprint density at radius 1 is 1.13 bits per heavy atom. The van der Waals surface area contributed by atoms with Gasteiger partial charge in [0.2, 0.25) is 0 Å². The number of nitrogens with one attached hydrogen (secondary N) is 2. The van der Waals surface area contributed by atoms with Crippen molar-refractivity contribution in [2.75, 3.05) is 6.54 Å². The molecule has 1 aromatic carbocycles. The molecule has 0 aliphatic carbocycles. The Hall–Kier alpha value is -2.86. The number of carbonyl (C=O) groups excluding carboxylic acids is 1. The molecule has 0 spiro atoms. The Kier molecular flexibility index (Phi) is 4.85. The van der Waals surface area contributed by atoms with E-state index in [0.29, 0.717) is 19.6 Å². The SMILES string of the molecule is O=C(NCCc1cn2ccccc2n1)NOCc1ccccc1. The van der Waals surface area contributed by atoms with Crippen LogP contribution < -0.4 is 10.8 Å². The van der Waals surface area contributed by atoms with Crippen LogP contribution in [0.25, 0.3) is 5.65 Å². The van der Waals surface area contributed by atoms with Gasteiger partial charge in [-0.3, -0.25) is 4.84 Å². The molecule has 0 unspecified atom stereocenters. The van der Waals surface area contributed by atoms with E-state index in [1.807, 2.05) is 65.3 Å². The third-order valence-corrected chi connectivity index (χ3v) is 3.33. The number of benzene rings is 1. The number of rotatable bonds is 6. The van der Waals surface area contributed by atoms with Gasteiger partial charge in [0.15, 0.2) is 0 Å². The lowest BCUT2D eigenvalue weighted by molar-refractivity contribution is 0.0491. The van der Waals surface area contributed by atoms with Gasteiger partial charge in [0.1, 0.15) is 5.65 Å². The molecule has 3 aromatic rings. The number of fused-ring (bicyclic) bond motifs is 1. The number of amides is 2. The Balaban J connectivity index is 1.37. The number of hydroxylamine groups is 1. The van der Waals surface area contributed by atoms with Gasteiger partial charge in [-0.2, -0.15) is 0 Å². The summed E-state index contributed by atoms with van der Waals surface area (Å²) in [6, 6.07) is 15.1. The Bertz CT molecular complexity index is 737. The number of hydrogen-bond acceptors (Lipinski definition) is 3. The lowest BCUT2D eigenvalue weighted by atomic mass is 10.2. The zero-order valence-electron chi connectivity index (χ0n) is 12.6. The summed E-state index contributed by atoms with van der Waals surface area (Å²) in [6.45, 7) is 0.825. The summed E-state index contributed by atoms with van der Waals surface area (Å²) < 4.78 is 1.96. The van der Waals surface area contributed by atoms with Crippen LogP contribution >= 0.6 is 0 Å². The average molecular weight is 310 g/mol. The normalized spacial score (nSPS) is 10.6. The van der Waals surface area contributed by atoms with Crippen LogP contribution in [0.15, 0.2) is 60.9 Å². The van der Waals surface area contributed by atoms with Gasteiger partial charge in [-0.05, 0) is 17.7 Å². The van der Waals surface area contributed by atoms with Gasteiger partial charge >= 0.3 is 6.03 Å². The van der Waals surface area contributed by atoms with Crippen molar-refractivity contribution in [3.63, 3.8) is 0 Å². The highest BCUT2D eigenvalue weighted by Gasteiger charge is 2.03. The minimum Gasteiger partial charge on any atom is -0.336 e. The van der Waals surface area contributed by atoms with Gasteiger partial charge in [0, 0.05) is 25.4 Å². The van der Waals surface area contributed by atoms with E-state index >= 15 is 0 Å². The first-order chi connectivity index (χ1) is 11.3. The first-order valence-corrected chi connectivity index (χ1v) is 7.43. The monoisotopic (exact) mass is 310 g/mol. The first-order valence-electron chi connectivity index (χ1n) is 7.43. The fourth-order valence-corrected chi connectivity index (χ4v) is 2.21. The molecule has 0 aliphatic rings. The Morgan fingerprint density at radius 2 is 1.96 bits per heavy atom. The maximum atomic E-state index is 11.6. The lowest BCUT2D eigenvalue weighted by Crippen LogP contribution is -2.36. The predicted molar refractivity (Wildman–Crippen MR) is 86.7 cm³/mol. The van der Waals surface area contributed by atoms with E-state index < -0.39 is 0 Å². The van der Waals surface area contributed by atoms with Gasteiger partial charge in [-0.1, -0.05) is 36.4 Å². The van der Waals surface area contributed by atoms with Gasteiger partial charge < -0.3 is 9.72 Å². The van der Waals surface area contributed by atoms with Crippen LogP contribution in [0.4, 0.5) is 4.79 Å². The topological polar surface area (TPSA) is 67.7 Å². The second-order valence-corrected chi connectivity index (χ2v) is 5.08. The van der Waals surface area contributed by atoms with Crippen molar-refractivity contribution >= 4 is 11.7 Å². The molecule has 2 heterocycles. The number of carbonyl (C=O) groups is 1. The molecule has 0 saturated carbocycles. The standard InChI is InChI=1S/C17H18N4O2/c22-17(20-23-13-14-6-2-1-3-7-14)18-10-9-15-12-21-11-5-4-8-16(21)19-15/h1-8,11-12H,9-10,13H2,(H2,18,20,22). The lowest BCUT2D eigenvalue weighted by Gasteiger charge is -2.07. The highest BCUT2D eigenvalue weighted by atomic mass is 16.7. The van der Waals surface area contributed by atoms with E-state index in [2.05, 4.69) is 15.8 Å². The number of nitrogens with zero attached hydrogens (tertiary/aromatic N) is 2. The van der Waals surface area contributed by atoms with Crippen molar-refractivity contribution in [1.82, 2.24) is 20.2 Å². The molecule has 118 valence electrons. The van der Waals surface area contributed by atoms with Crippen molar-refractivity contribution in [2.24, 2.45) is 0 Å². The molecule has 0 atom stereocenters. The highest BCUT2D eigenvalue weighted by Crippen LogP contribution is 2.04. The summed E-state index contributed by atoms with van der Waals surface area (Å²) in [7, 11) is 0. The van der Waals surface area contributed by atoms with Crippen LogP contribution in [0.2, 0.25) is 0 Å². The molecule has 0 fully saturated rings. The van der Waals surface area contributed by atoms with Crippen LogP contribution in [0, 0.1) is 0 Å². The van der Waals surface area contributed by atoms with E-state index in [1.165, 1.54) is 0 Å². The van der Waals surface area contributed by atoms with Crippen LogP contribution in [-0.2, 0) is 17.9 Å². The maximum Gasteiger partial charge on any atom is 0.338 e. The van der Waals surface area contributed by atoms with Crippen molar-refractivity contribution in [2.45, 2.75) is 13.0 Å². The van der Waals surface area contributed by atoms with Gasteiger partial charge in [-0.25, -0.2) is 15.3 Å². The van der Waals surface area contributed by atoms with Crippen LogP contribution in [-0.4, -0.2) is 22.0 Å². The Labute approximate surface area is 134 Å². The first kappa shape index (κ1) is 15.1. The smallest absolute Gasteiger partial charge is 0.336 e. The zero-order chi connectivity index (χ0) is 15.9. The maximum absolute atomic E-state index is 11.6. The predicted octanol–water partition coefficient (Wildman–Crippen LogP) is 2.31. The number of urea groups is 1. The molecule has 3 rings (SSSR count). The molecule has 0 aliphatic heterocycles. The van der Waals surface area contributed by atoms with Crippen molar-refractivity contribution in [1.29, 1.82) is 0 Å². The van der Waals surface area contributed by atoms with Crippen LogP contribution in [0.1, 0.15) is 11.3 Å². The number of aromatic nitrogens is 2. The number of imidazole rings is 1. The van der Waals surface area contributed by atoms with E-state index in [4.69, 9.17) is 4.84 Å². The fraction of sp³-hybridized carbons (Fsp3) is 0.176. The van der Waals surface area contributed by atoms with Gasteiger partial charge in [0.05, 0.1) is 12.3 Å². The highest BCUT2D eigenvalue weighted by molar-refractivity contribution is 5.72. The third-order valence-electron chi connectivity index (χ3n) is 3.33. The quantitative estimate of drug-likeness (QED) is 0.687. The summed E-state index contributed by atoms with van der Waals surface area (Å²) in [6.07, 6.45) is 4.57. The van der Waals surface area contributed by atoms with E-state index in [1.54, 1.807) is 0 Å². The molecule has 6 nitrogen and oxygen atoms in total. The van der Waals surface area contributed by atoms with E-state index in [9.17, 15) is 4.79 Å². The van der Waals surface area contributed by atoms with Crippen LogP contribution in [0.5, 0.6) is 0 Å². The fourth-order valence-electron chi connectivity index (χ4n) is 2.21. The molecule has 6 heteroatoms. The molecular formula is C17H18N4O2. The van der Waals surface area contributed by atoms with E-state index in [0.717, 1.165) is 16.9 Å². The third kappa shape index (κ3) is 4.31. The molecule has 2 amide bonds. The minimum absolute atomic E-state index is 0.334. The summed E-state index contributed by atoms with van der Waals surface area (Å²) >= 11 is 0. The number of pyridine rings is 1. The molecule has 0 bridgehead atoms. The van der Waals surface area contributed by atoms with Crippen molar-refractivity contribution in [3.8, 4) is 0 Å². The van der Waals surface area contributed by atoms with Gasteiger partial charge in [0.25, 0.3) is 0 Å². The summed E-state index contributed by atoms with van der Waals surface area (Å²) in [5.41, 5.74) is 5.20. The molecule has 2 N–H and O–H groups in total. The largest absolute Gasteiger partial charge is 0.338 e. The van der Waals surface area contributed by atoms with Crippen molar-refractivity contribution in [3.05, 3.63) is 72.2 Å². The summed E-state index contributed by atoms with van der Waals surface area (Å²) in [4.78, 5) is 21.2. The minimum atomic E-state index is -0.357. The summed E-state index contributed by atoms with van der Waals surface area (Å²) in [5.74, 6) is 0. The summed E-state index contributed by atoms with van der Waals surface area (Å²) in [5, 5.41) is 2.74. The van der Waals surface area contributed by atoms with Crippen LogP contribution in [0.3, 0.4) is 0 Å². The molecular weight excluding hydrogens is 292 g/mol. The Morgan fingerprint density at radius 3 is 2.78 bits per heavy atom. The van der Waals surface area contributed by atoms with Gasteiger partial charge in [-0.15, -0.1) is 0 Å². The second-order valence-electron chi connectivity index (χ2n) is 5.08. The number of hydrogen-bond donors (Lipinski definition) is 2. The zero-order valence-corrected chi connectivity index (χ0v) is 12.6.